The Morgan fingerprint density at radius 3 is 2.70 bits per heavy atom. The second-order valence-corrected chi connectivity index (χ2v) is 6.38. The highest BCUT2D eigenvalue weighted by Crippen LogP contribution is 2.31. The third kappa shape index (κ3) is 3.09. The molecule has 5 nitrogen and oxygen atoms in total. The summed E-state index contributed by atoms with van der Waals surface area (Å²) < 4.78 is 5.64. The van der Waals surface area contributed by atoms with Crippen molar-refractivity contribution in [3.63, 3.8) is 0 Å². The van der Waals surface area contributed by atoms with Gasteiger partial charge in [0.2, 0.25) is 5.91 Å². The average Bonchev–Trinajstić information content (AvgIpc) is 2.82. The van der Waals surface area contributed by atoms with E-state index in [-0.39, 0.29) is 11.8 Å². The number of fused-ring (bicyclic) bond motifs is 1. The molecule has 0 spiro atoms. The van der Waals surface area contributed by atoms with Crippen LogP contribution in [0.2, 0.25) is 0 Å². The van der Waals surface area contributed by atoms with Crippen molar-refractivity contribution >= 4 is 28.5 Å². The number of carboxylic acid groups (broad SMARTS) is 1. The summed E-state index contributed by atoms with van der Waals surface area (Å²) in [7, 11) is 0. The SMILES string of the molecule is Cc1oc2ccc(NC(=O)C3CCCC(C(=O)O)C3)cc2c1C. The molecular formula is C18H21NO4. The number of aliphatic carboxylic acids is 1. The third-order valence-corrected chi connectivity index (χ3v) is 4.84. The number of amides is 1. The quantitative estimate of drug-likeness (QED) is 0.901. The van der Waals surface area contributed by atoms with E-state index in [1.807, 2.05) is 32.0 Å². The smallest absolute Gasteiger partial charge is 0.306 e. The first-order valence-corrected chi connectivity index (χ1v) is 7.99. The van der Waals surface area contributed by atoms with Gasteiger partial charge in [0.05, 0.1) is 5.92 Å². The monoisotopic (exact) mass is 315 g/mol. The van der Waals surface area contributed by atoms with Gasteiger partial charge in [0, 0.05) is 17.0 Å². The van der Waals surface area contributed by atoms with Gasteiger partial charge in [0.25, 0.3) is 0 Å². The van der Waals surface area contributed by atoms with Gasteiger partial charge < -0.3 is 14.8 Å². The zero-order valence-electron chi connectivity index (χ0n) is 13.4. The van der Waals surface area contributed by atoms with E-state index in [2.05, 4.69) is 5.32 Å². The summed E-state index contributed by atoms with van der Waals surface area (Å²) in [6.07, 6.45) is 2.63. The Morgan fingerprint density at radius 2 is 1.96 bits per heavy atom. The largest absolute Gasteiger partial charge is 0.481 e. The molecule has 2 aromatic rings. The number of rotatable bonds is 3. The van der Waals surface area contributed by atoms with Crippen molar-refractivity contribution in [1.29, 1.82) is 0 Å². The molecule has 122 valence electrons. The Bertz CT molecular complexity index is 762. The van der Waals surface area contributed by atoms with Crippen LogP contribution in [0.1, 0.15) is 37.0 Å². The zero-order chi connectivity index (χ0) is 16.6. The maximum atomic E-state index is 12.4. The lowest BCUT2D eigenvalue weighted by Gasteiger charge is -2.25. The van der Waals surface area contributed by atoms with E-state index < -0.39 is 11.9 Å². The summed E-state index contributed by atoms with van der Waals surface area (Å²) >= 11 is 0. The lowest BCUT2D eigenvalue weighted by molar-refractivity contribution is -0.143. The highest BCUT2D eigenvalue weighted by molar-refractivity contribution is 5.95. The van der Waals surface area contributed by atoms with Crippen molar-refractivity contribution in [1.82, 2.24) is 0 Å². The van der Waals surface area contributed by atoms with Gasteiger partial charge in [0.1, 0.15) is 11.3 Å². The number of hydrogen-bond donors (Lipinski definition) is 2. The fourth-order valence-electron chi connectivity index (χ4n) is 3.32. The van der Waals surface area contributed by atoms with Gasteiger partial charge in [-0.3, -0.25) is 9.59 Å². The first-order valence-electron chi connectivity index (χ1n) is 7.99. The molecule has 1 aromatic carbocycles. The molecule has 1 saturated carbocycles. The molecule has 1 aliphatic rings. The molecule has 1 aliphatic carbocycles. The Kier molecular flexibility index (Phi) is 4.11. The van der Waals surface area contributed by atoms with Gasteiger partial charge in [-0.05, 0) is 56.9 Å². The van der Waals surface area contributed by atoms with Crippen LogP contribution in [0.15, 0.2) is 22.6 Å². The second-order valence-electron chi connectivity index (χ2n) is 6.38. The highest BCUT2D eigenvalue weighted by Gasteiger charge is 2.31. The predicted molar refractivity (Wildman–Crippen MR) is 87.4 cm³/mol. The fourth-order valence-corrected chi connectivity index (χ4v) is 3.32. The lowest BCUT2D eigenvalue weighted by atomic mass is 9.81. The molecular weight excluding hydrogens is 294 g/mol. The molecule has 5 heteroatoms. The van der Waals surface area contributed by atoms with Crippen LogP contribution >= 0.6 is 0 Å². The van der Waals surface area contributed by atoms with Crippen LogP contribution in [-0.4, -0.2) is 17.0 Å². The Labute approximate surface area is 134 Å². The number of aryl methyl sites for hydroxylation is 2. The maximum absolute atomic E-state index is 12.4. The van der Waals surface area contributed by atoms with Crippen molar-refractivity contribution in [3.05, 3.63) is 29.5 Å². The number of nitrogens with one attached hydrogen (secondary N) is 1. The number of carboxylic acids is 1. The van der Waals surface area contributed by atoms with Gasteiger partial charge in [-0.15, -0.1) is 0 Å². The van der Waals surface area contributed by atoms with Gasteiger partial charge in [0.15, 0.2) is 0 Å². The highest BCUT2D eigenvalue weighted by atomic mass is 16.4. The average molecular weight is 315 g/mol. The number of hydrogen-bond acceptors (Lipinski definition) is 3. The van der Waals surface area contributed by atoms with Crippen molar-refractivity contribution < 1.29 is 19.1 Å². The molecule has 23 heavy (non-hydrogen) atoms. The zero-order valence-corrected chi connectivity index (χ0v) is 13.4. The minimum atomic E-state index is -0.798. The summed E-state index contributed by atoms with van der Waals surface area (Å²) in [4.78, 5) is 23.6. The Morgan fingerprint density at radius 1 is 1.22 bits per heavy atom. The molecule has 2 unspecified atom stereocenters. The first kappa shape index (κ1) is 15.6. The first-order chi connectivity index (χ1) is 11.0. The summed E-state index contributed by atoms with van der Waals surface area (Å²) in [6.45, 7) is 3.91. The standard InChI is InChI=1S/C18H21NO4/c1-10-11(2)23-16-7-6-14(9-15(10)16)19-17(20)12-4-3-5-13(8-12)18(21)22/h6-7,9,12-13H,3-5,8H2,1-2H3,(H,19,20)(H,21,22). The summed E-state index contributed by atoms with van der Waals surface area (Å²) in [6, 6.07) is 5.59. The maximum Gasteiger partial charge on any atom is 0.306 e. The molecule has 3 rings (SSSR count). The van der Waals surface area contributed by atoms with Crippen molar-refractivity contribution in [2.45, 2.75) is 39.5 Å². The van der Waals surface area contributed by atoms with E-state index in [1.165, 1.54) is 0 Å². The van der Waals surface area contributed by atoms with Gasteiger partial charge in [-0.25, -0.2) is 0 Å². The van der Waals surface area contributed by atoms with Gasteiger partial charge in [-0.2, -0.15) is 0 Å². The topological polar surface area (TPSA) is 79.5 Å². The molecule has 1 heterocycles. The Hall–Kier alpha value is -2.30. The number of furan rings is 1. The van der Waals surface area contributed by atoms with Crippen LogP contribution in [0.4, 0.5) is 5.69 Å². The number of carbonyl (C=O) groups excluding carboxylic acids is 1. The molecule has 0 saturated heterocycles. The van der Waals surface area contributed by atoms with E-state index in [9.17, 15) is 9.59 Å². The van der Waals surface area contributed by atoms with Crippen LogP contribution in [0.5, 0.6) is 0 Å². The number of carbonyl (C=O) groups is 2. The van der Waals surface area contributed by atoms with E-state index in [4.69, 9.17) is 9.52 Å². The van der Waals surface area contributed by atoms with Crippen LogP contribution in [-0.2, 0) is 9.59 Å². The van der Waals surface area contributed by atoms with Crippen molar-refractivity contribution in [3.8, 4) is 0 Å². The second kappa shape index (κ2) is 6.07. The molecule has 0 radical (unpaired) electrons. The fraction of sp³-hybridized carbons (Fsp3) is 0.444. The number of benzene rings is 1. The van der Waals surface area contributed by atoms with E-state index in [0.717, 1.165) is 40.8 Å². The summed E-state index contributed by atoms with van der Waals surface area (Å²) in [5, 5.41) is 13.1. The van der Waals surface area contributed by atoms with Gasteiger partial charge >= 0.3 is 5.97 Å². The molecule has 2 N–H and O–H groups in total. The minimum Gasteiger partial charge on any atom is -0.481 e. The normalized spacial score (nSPS) is 21.3. The molecule has 1 amide bonds. The minimum absolute atomic E-state index is 0.0897. The van der Waals surface area contributed by atoms with Crippen molar-refractivity contribution in [2.24, 2.45) is 11.8 Å². The lowest BCUT2D eigenvalue weighted by Crippen LogP contribution is -2.30. The van der Waals surface area contributed by atoms with Crippen LogP contribution in [0, 0.1) is 25.7 Å². The predicted octanol–water partition coefficient (Wildman–Crippen LogP) is 3.88. The third-order valence-electron chi connectivity index (χ3n) is 4.84. The van der Waals surface area contributed by atoms with Crippen LogP contribution in [0.3, 0.4) is 0 Å². The Balaban J connectivity index is 1.74. The van der Waals surface area contributed by atoms with E-state index in [0.29, 0.717) is 12.8 Å². The summed E-state index contributed by atoms with van der Waals surface area (Å²) in [5.41, 5.74) is 2.60. The van der Waals surface area contributed by atoms with Crippen LogP contribution < -0.4 is 5.32 Å². The molecule has 2 atom stereocenters. The number of anilines is 1. The molecule has 0 bridgehead atoms. The van der Waals surface area contributed by atoms with E-state index in [1.54, 1.807) is 0 Å². The van der Waals surface area contributed by atoms with Gasteiger partial charge in [-0.1, -0.05) is 6.42 Å². The van der Waals surface area contributed by atoms with E-state index >= 15 is 0 Å². The molecule has 1 fully saturated rings. The molecule has 1 aromatic heterocycles. The molecule has 0 aliphatic heterocycles. The van der Waals surface area contributed by atoms with Crippen LogP contribution in [0.25, 0.3) is 11.0 Å². The van der Waals surface area contributed by atoms with Crippen molar-refractivity contribution in [2.75, 3.05) is 5.32 Å². The summed E-state index contributed by atoms with van der Waals surface area (Å²) in [5.74, 6) is -0.643.